The number of ketones is 1. The Morgan fingerprint density at radius 3 is 2.59 bits per heavy atom. The van der Waals surface area contributed by atoms with Crippen LogP contribution in [0.5, 0.6) is 0 Å². The molecule has 0 saturated carbocycles. The van der Waals surface area contributed by atoms with Gasteiger partial charge >= 0.3 is 0 Å². The highest BCUT2D eigenvalue weighted by Gasteiger charge is 2.26. The second kappa shape index (κ2) is 6.53. The summed E-state index contributed by atoms with van der Waals surface area (Å²) in [6, 6.07) is 6.80. The fourth-order valence-electron chi connectivity index (χ4n) is 2.97. The summed E-state index contributed by atoms with van der Waals surface area (Å²) in [4.78, 5) is 28.6. The Balaban J connectivity index is 1.51. The first-order chi connectivity index (χ1) is 10.6. The van der Waals surface area contributed by atoms with E-state index in [1.807, 2.05) is 4.90 Å². The Bertz CT molecular complexity index is 610. The Morgan fingerprint density at radius 2 is 1.82 bits per heavy atom. The van der Waals surface area contributed by atoms with Gasteiger partial charge in [0.15, 0.2) is 5.78 Å². The van der Waals surface area contributed by atoms with Crippen LogP contribution in [0.25, 0.3) is 0 Å². The van der Waals surface area contributed by atoms with Crippen molar-refractivity contribution >= 4 is 23.3 Å². The van der Waals surface area contributed by atoms with Gasteiger partial charge in [0.2, 0.25) is 5.91 Å². The molecule has 0 unspecified atom stereocenters. The molecule has 0 radical (unpaired) electrons. The van der Waals surface area contributed by atoms with Gasteiger partial charge in [-0.15, -0.1) is 0 Å². The van der Waals surface area contributed by atoms with Crippen LogP contribution in [-0.2, 0) is 4.79 Å². The third kappa shape index (κ3) is 3.33. The van der Waals surface area contributed by atoms with Crippen molar-refractivity contribution in [2.24, 2.45) is 0 Å². The minimum Gasteiger partial charge on any atom is -0.372 e. The molecule has 3 rings (SSSR count). The molecule has 1 aromatic carbocycles. The highest BCUT2D eigenvalue weighted by molar-refractivity contribution is 6.30. The topological polar surface area (TPSA) is 40.6 Å². The molecule has 0 spiro atoms. The Morgan fingerprint density at radius 1 is 1.05 bits per heavy atom. The van der Waals surface area contributed by atoms with Gasteiger partial charge in [-0.1, -0.05) is 17.7 Å². The lowest BCUT2D eigenvalue weighted by Gasteiger charge is -2.35. The molecule has 2 heterocycles. The number of nitrogens with zero attached hydrogens (tertiary/aromatic N) is 2. The second-order valence-corrected chi connectivity index (χ2v) is 6.15. The molecule has 116 valence electrons. The number of rotatable bonds is 4. The zero-order valence-electron chi connectivity index (χ0n) is 12.4. The molecular weight excluding hydrogens is 300 g/mol. The van der Waals surface area contributed by atoms with Crippen LogP contribution in [0.3, 0.4) is 0 Å². The quantitative estimate of drug-likeness (QED) is 0.802. The van der Waals surface area contributed by atoms with Gasteiger partial charge in [0, 0.05) is 48.8 Å². The van der Waals surface area contributed by atoms with Crippen LogP contribution < -0.4 is 0 Å². The van der Waals surface area contributed by atoms with Crippen LogP contribution in [0.4, 0.5) is 0 Å². The van der Waals surface area contributed by atoms with Crippen LogP contribution in [0.15, 0.2) is 36.0 Å². The van der Waals surface area contributed by atoms with E-state index in [-0.39, 0.29) is 24.5 Å². The van der Waals surface area contributed by atoms with Crippen molar-refractivity contribution in [1.82, 2.24) is 9.80 Å². The molecule has 1 fully saturated rings. The molecule has 2 aliphatic heterocycles. The number of halogens is 1. The number of amides is 1. The standard InChI is InChI=1S/C17H19ClN2O2/c18-14-5-3-13(4-6-14)16(21)7-8-17(22)20-11-10-19-9-1-2-15(19)12-20/h2-6H,1,7-12H2. The highest BCUT2D eigenvalue weighted by Crippen LogP contribution is 2.21. The molecule has 0 aromatic heterocycles. The van der Waals surface area contributed by atoms with Crippen LogP contribution >= 0.6 is 11.6 Å². The molecule has 1 saturated heterocycles. The minimum atomic E-state index is -0.0104. The van der Waals surface area contributed by atoms with Gasteiger partial charge in [0.25, 0.3) is 0 Å². The molecule has 1 amide bonds. The van der Waals surface area contributed by atoms with E-state index in [1.54, 1.807) is 24.3 Å². The monoisotopic (exact) mass is 318 g/mol. The summed E-state index contributed by atoms with van der Waals surface area (Å²) in [5.41, 5.74) is 1.86. The third-order valence-electron chi connectivity index (χ3n) is 4.26. The number of carbonyl (C=O) groups is 2. The summed E-state index contributed by atoms with van der Waals surface area (Å²) in [6.45, 7) is 3.42. The van der Waals surface area contributed by atoms with Crippen molar-refractivity contribution in [3.05, 3.63) is 46.6 Å². The largest absolute Gasteiger partial charge is 0.372 e. The van der Waals surface area contributed by atoms with Crippen LogP contribution in [0, 0.1) is 0 Å². The Hall–Kier alpha value is -1.81. The number of piperazine rings is 1. The number of Topliss-reactive ketones (excluding diaryl/α,β-unsaturated/α-hetero) is 1. The highest BCUT2D eigenvalue weighted by atomic mass is 35.5. The number of hydrogen-bond acceptors (Lipinski definition) is 3. The van der Waals surface area contributed by atoms with Crippen LogP contribution in [-0.4, -0.2) is 47.7 Å². The maximum atomic E-state index is 12.3. The van der Waals surface area contributed by atoms with Gasteiger partial charge in [0.05, 0.1) is 6.54 Å². The molecular formula is C17H19ClN2O2. The molecule has 22 heavy (non-hydrogen) atoms. The molecule has 0 N–H and O–H groups in total. The van der Waals surface area contributed by atoms with Crippen molar-refractivity contribution in [1.29, 1.82) is 0 Å². The first-order valence-corrected chi connectivity index (χ1v) is 8.02. The second-order valence-electron chi connectivity index (χ2n) is 5.72. The molecule has 1 aromatic rings. The molecule has 4 nitrogen and oxygen atoms in total. The van der Waals surface area contributed by atoms with E-state index in [9.17, 15) is 9.59 Å². The predicted molar refractivity (Wildman–Crippen MR) is 85.9 cm³/mol. The van der Waals surface area contributed by atoms with Crippen molar-refractivity contribution in [2.45, 2.75) is 19.3 Å². The average Bonchev–Trinajstić information content (AvgIpc) is 3.00. The summed E-state index contributed by atoms with van der Waals surface area (Å²) in [5, 5.41) is 0.607. The van der Waals surface area contributed by atoms with Crippen molar-refractivity contribution in [3.8, 4) is 0 Å². The maximum Gasteiger partial charge on any atom is 0.223 e. The number of carbonyl (C=O) groups excluding carboxylic acids is 2. The Kier molecular flexibility index (Phi) is 4.48. The number of fused-ring (bicyclic) bond motifs is 1. The first kappa shape index (κ1) is 15.1. The van der Waals surface area contributed by atoms with E-state index >= 15 is 0 Å². The van der Waals surface area contributed by atoms with Gasteiger partial charge in [-0.2, -0.15) is 0 Å². The van der Waals surface area contributed by atoms with E-state index in [1.165, 1.54) is 5.70 Å². The van der Waals surface area contributed by atoms with Gasteiger partial charge in [-0.05, 0) is 30.7 Å². The van der Waals surface area contributed by atoms with Gasteiger partial charge in [-0.3, -0.25) is 9.59 Å². The van der Waals surface area contributed by atoms with E-state index in [0.29, 0.717) is 17.1 Å². The normalized spacial score (nSPS) is 17.2. The molecule has 0 bridgehead atoms. The smallest absolute Gasteiger partial charge is 0.223 e. The fraction of sp³-hybridized carbons (Fsp3) is 0.412. The Labute approximate surface area is 135 Å². The SMILES string of the molecule is O=C(CCC(=O)N1CCN2CCC=C2C1)c1ccc(Cl)cc1. The van der Waals surface area contributed by atoms with Gasteiger partial charge in [-0.25, -0.2) is 0 Å². The fourth-order valence-corrected chi connectivity index (χ4v) is 3.09. The molecule has 5 heteroatoms. The van der Waals surface area contributed by atoms with E-state index in [0.717, 1.165) is 26.1 Å². The van der Waals surface area contributed by atoms with Crippen molar-refractivity contribution < 1.29 is 9.59 Å². The minimum absolute atomic E-state index is 0.0104. The van der Waals surface area contributed by atoms with Crippen molar-refractivity contribution in [3.63, 3.8) is 0 Å². The van der Waals surface area contributed by atoms with Crippen molar-refractivity contribution in [2.75, 3.05) is 26.2 Å². The zero-order valence-corrected chi connectivity index (χ0v) is 13.2. The predicted octanol–water partition coefficient (Wildman–Crippen LogP) is 2.73. The zero-order chi connectivity index (χ0) is 15.5. The number of benzene rings is 1. The number of hydrogen-bond donors (Lipinski definition) is 0. The maximum absolute atomic E-state index is 12.3. The van der Waals surface area contributed by atoms with Crippen LogP contribution in [0.1, 0.15) is 29.6 Å². The first-order valence-electron chi connectivity index (χ1n) is 7.64. The summed E-state index contributed by atoms with van der Waals surface area (Å²) in [6.07, 6.45) is 3.80. The molecule has 2 aliphatic rings. The lowest BCUT2D eigenvalue weighted by molar-refractivity contribution is -0.131. The summed E-state index contributed by atoms with van der Waals surface area (Å²) < 4.78 is 0. The molecule has 0 atom stereocenters. The van der Waals surface area contributed by atoms with E-state index < -0.39 is 0 Å². The van der Waals surface area contributed by atoms with E-state index in [4.69, 9.17) is 11.6 Å². The average molecular weight is 319 g/mol. The lowest BCUT2D eigenvalue weighted by atomic mass is 10.1. The van der Waals surface area contributed by atoms with Crippen LogP contribution in [0.2, 0.25) is 5.02 Å². The molecule has 0 aliphatic carbocycles. The lowest BCUT2D eigenvalue weighted by Crippen LogP contribution is -2.45. The van der Waals surface area contributed by atoms with Gasteiger partial charge in [0.1, 0.15) is 0 Å². The van der Waals surface area contributed by atoms with Gasteiger partial charge < -0.3 is 9.80 Å². The summed E-state index contributed by atoms with van der Waals surface area (Å²) >= 11 is 5.81. The summed E-state index contributed by atoms with van der Waals surface area (Å²) in [7, 11) is 0. The summed E-state index contributed by atoms with van der Waals surface area (Å²) in [5.74, 6) is 0.0542. The third-order valence-corrected chi connectivity index (χ3v) is 4.51. The van der Waals surface area contributed by atoms with E-state index in [2.05, 4.69) is 11.0 Å².